The minimum Gasteiger partial charge on any atom is -0.494 e. The van der Waals surface area contributed by atoms with Crippen LogP contribution in [0, 0.1) is 0 Å². The van der Waals surface area contributed by atoms with Gasteiger partial charge in [0.25, 0.3) is 0 Å². The lowest BCUT2D eigenvalue weighted by Crippen LogP contribution is -2.32. The Hall–Kier alpha value is -3.03. The average molecular weight is 439 g/mol. The maximum atomic E-state index is 6.32. The van der Waals surface area contributed by atoms with Crippen molar-refractivity contribution in [2.45, 2.75) is 77.9 Å². The maximum absolute atomic E-state index is 6.32. The highest BCUT2D eigenvalue weighted by atomic mass is 16.7. The van der Waals surface area contributed by atoms with Crippen LogP contribution in [0.5, 0.6) is 5.75 Å². The number of imidazole rings is 1. The standard InChI is InChI=1S/C24H34N6O2/c1-6-7-8-9-23-29-17-13-20(31-5)18(12-19(17)30(23)32-24(2,3)4)28-22-14-21(25-15-26-22)27-16-10-11-16/h12-16H,6-11H2,1-5H3,(H2,25,26,27,28). The highest BCUT2D eigenvalue weighted by Crippen LogP contribution is 2.33. The van der Waals surface area contributed by atoms with Crippen molar-refractivity contribution in [1.29, 1.82) is 0 Å². The first kappa shape index (κ1) is 22.2. The predicted octanol–water partition coefficient (Wildman–Crippen LogP) is 5.11. The van der Waals surface area contributed by atoms with E-state index in [4.69, 9.17) is 14.6 Å². The van der Waals surface area contributed by atoms with Crippen molar-refractivity contribution in [1.82, 2.24) is 19.7 Å². The Kier molecular flexibility index (Phi) is 6.39. The van der Waals surface area contributed by atoms with Crippen LogP contribution in [0.25, 0.3) is 11.0 Å². The molecule has 0 atom stereocenters. The van der Waals surface area contributed by atoms with Gasteiger partial charge in [0.1, 0.15) is 40.7 Å². The molecule has 8 nitrogen and oxygen atoms in total. The average Bonchev–Trinajstić information content (AvgIpc) is 3.50. The Morgan fingerprint density at radius 1 is 1.09 bits per heavy atom. The number of aryl methyl sites for hydroxylation is 1. The first-order chi connectivity index (χ1) is 15.4. The second-order valence-electron chi connectivity index (χ2n) is 9.36. The lowest BCUT2D eigenvalue weighted by Gasteiger charge is -2.23. The summed E-state index contributed by atoms with van der Waals surface area (Å²) >= 11 is 0. The van der Waals surface area contributed by atoms with Gasteiger partial charge in [0.05, 0.1) is 18.3 Å². The highest BCUT2D eigenvalue weighted by Gasteiger charge is 2.22. The van der Waals surface area contributed by atoms with Gasteiger partial charge in [0, 0.05) is 24.6 Å². The van der Waals surface area contributed by atoms with Crippen molar-refractivity contribution < 1.29 is 9.57 Å². The highest BCUT2D eigenvalue weighted by molar-refractivity contribution is 5.85. The lowest BCUT2D eigenvalue weighted by molar-refractivity contribution is -0.0131. The number of ether oxygens (including phenoxy) is 1. The number of nitrogens with zero attached hydrogens (tertiary/aromatic N) is 4. The van der Waals surface area contributed by atoms with Crippen LogP contribution in [0.15, 0.2) is 24.5 Å². The van der Waals surface area contributed by atoms with Gasteiger partial charge in [-0.25, -0.2) is 15.0 Å². The summed E-state index contributed by atoms with van der Waals surface area (Å²) in [6, 6.07) is 6.42. The molecule has 0 aliphatic heterocycles. The third kappa shape index (κ3) is 5.41. The third-order valence-corrected chi connectivity index (χ3v) is 5.23. The predicted molar refractivity (Wildman–Crippen MR) is 128 cm³/mol. The van der Waals surface area contributed by atoms with E-state index in [0.29, 0.717) is 17.6 Å². The summed E-state index contributed by atoms with van der Waals surface area (Å²) in [5.74, 6) is 3.16. The second kappa shape index (κ2) is 9.22. The number of benzene rings is 1. The minimum atomic E-state index is -0.351. The van der Waals surface area contributed by atoms with E-state index >= 15 is 0 Å². The quantitative estimate of drug-likeness (QED) is 0.425. The molecule has 0 radical (unpaired) electrons. The monoisotopic (exact) mass is 438 g/mol. The van der Waals surface area contributed by atoms with E-state index < -0.39 is 0 Å². The smallest absolute Gasteiger partial charge is 0.146 e. The largest absolute Gasteiger partial charge is 0.494 e. The summed E-state index contributed by atoms with van der Waals surface area (Å²) in [4.78, 5) is 19.9. The number of methoxy groups -OCH3 is 1. The Labute approximate surface area is 189 Å². The SMILES string of the molecule is CCCCCc1nc2cc(OC)c(Nc3cc(NC4CC4)ncn3)cc2n1OC(C)(C)C. The first-order valence-corrected chi connectivity index (χ1v) is 11.5. The first-order valence-electron chi connectivity index (χ1n) is 11.5. The van der Waals surface area contributed by atoms with Gasteiger partial charge in [0.2, 0.25) is 0 Å². The van der Waals surface area contributed by atoms with E-state index in [1.165, 1.54) is 25.7 Å². The van der Waals surface area contributed by atoms with Crippen molar-refractivity contribution in [3.63, 3.8) is 0 Å². The molecule has 0 spiro atoms. The summed E-state index contributed by atoms with van der Waals surface area (Å²) in [5, 5.41) is 6.79. The third-order valence-electron chi connectivity index (χ3n) is 5.23. The molecule has 0 bridgehead atoms. The van der Waals surface area contributed by atoms with Gasteiger partial charge in [-0.15, -0.1) is 0 Å². The van der Waals surface area contributed by atoms with Crippen molar-refractivity contribution in [2.75, 3.05) is 17.7 Å². The molecule has 8 heteroatoms. The van der Waals surface area contributed by atoms with E-state index in [2.05, 4.69) is 27.5 Å². The van der Waals surface area contributed by atoms with Gasteiger partial charge in [-0.05, 0) is 46.1 Å². The lowest BCUT2D eigenvalue weighted by atomic mass is 10.2. The van der Waals surface area contributed by atoms with Gasteiger partial charge in [-0.2, -0.15) is 4.73 Å². The van der Waals surface area contributed by atoms with Gasteiger partial charge in [-0.1, -0.05) is 19.8 Å². The number of fused-ring (bicyclic) bond motifs is 1. The molecular formula is C24H34N6O2. The zero-order valence-corrected chi connectivity index (χ0v) is 19.7. The van der Waals surface area contributed by atoms with E-state index in [0.717, 1.165) is 41.2 Å². The molecule has 32 heavy (non-hydrogen) atoms. The zero-order valence-electron chi connectivity index (χ0n) is 19.7. The molecular weight excluding hydrogens is 404 g/mol. The van der Waals surface area contributed by atoms with E-state index in [1.807, 2.05) is 43.7 Å². The molecule has 2 aromatic heterocycles. The van der Waals surface area contributed by atoms with Crippen molar-refractivity contribution in [2.24, 2.45) is 0 Å². The number of nitrogens with one attached hydrogen (secondary N) is 2. The summed E-state index contributed by atoms with van der Waals surface area (Å²) < 4.78 is 7.55. The summed E-state index contributed by atoms with van der Waals surface area (Å²) in [7, 11) is 1.66. The van der Waals surface area contributed by atoms with Crippen LogP contribution in [0.1, 0.15) is 65.6 Å². The summed E-state index contributed by atoms with van der Waals surface area (Å²) in [6.07, 6.45) is 8.22. The van der Waals surface area contributed by atoms with Crippen LogP contribution in [0.2, 0.25) is 0 Å². The molecule has 2 N–H and O–H groups in total. The molecule has 1 aromatic carbocycles. The zero-order chi connectivity index (χ0) is 22.7. The number of anilines is 3. The molecule has 0 unspecified atom stereocenters. The molecule has 0 saturated heterocycles. The van der Waals surface area contributed by atoms with Gasteiger partial charge >= 0.3 is 0 Å². The molecule has 0 amide bonds. The fraction of sp³-hybridized carbons (Fsp3) is 0.542. The fourth-order valence-corrected chi connectivity index (χ4v) is 3.55. The maximum Gasteiger partial charge on any atom is 0.146 e. The number of rotatable bonds is 10. The van der Waals surface area contributed by atoms with Crippen LogP contribution in [-0.2, 0) is 6.42 Å². The second-order valence-corrected chi connectivity index (χ2v) is 9.36. The van der Waals surface area contributed by atoms with Gasteiger partial charge in [0.15, 0.2) is 0 Å². The number of aromatic nitrogens is 4. The van der Waals surface area contributed by atoms with Crippen molar-refractivity contribution in [3.8, 4) is 5.75 Å². The summed E-state index contributed by atoms with van der Waals surface area (Å²) in [6.45, 7) is 8.35. The van der Waals surface area contributed by atoms with Crippen LogP contribution in [-0.4, -0.2) is 38.4 Å². The molecule has 1 saturated carbocycles. The summed E-state index contributed by atoms with van der Waals surface area (Å²) in [5.41, 5.74) is 2.20. The molecule has 1 aliphatic carbocycles. The Morgan fingerprint density at radius 3 is 2.56 bits per heavy atom. The van der Waals surface area contributed by atoms with Gasteiger partial charge < -0.3 is 20.2 Å². The Bertz CT molecular complexity index is 1070. The number of unbranched alkanes of at least 4 members (excludes halogenated alkanes) is 2. The van der Waals surface area contributed by atoms with Crippen molar-refractivity contribution in [3.05, 3.63) is 30.4 Å². The molecule has 2 heterocycles. The molecule has 4 rings (SSSR count). The van der Waals surface area contributed by atoms with Gasteiger partial charge in [-0.3, -0.25) is 0 Å². The molecule has 1 fully saturated rings. The molecule has 1 aliphatic rings. The van der Waals surface area contributed by atoms with Crippen LogP contribution < -0.4 is 20.2 Å². The van der Waals surface area contributed by atoms with E-state index in [-0.39, 0.29) is 5.60 Å². The Balaban J connectivity index is 1.69. The van der Waals surface area contributed by atoms with E-state index in [1.54, 1.807) is 13.4 Å². The van der Waals surface area contributed by atoms with Crippen LogP contribution in [0.3, 0.4) is 0 Å². The normalized spacial score (nSPS) is 13.9. The van der Waals surface area contributed by atoms with Crippen molar-refractivity contribution >= 4 is 28.4 Å². The minimum absolute atomic E-state index is 0.351. The molecule has 172 valence electrons. The number of hydrogen-bond acceptors (Lipinski definition) is 7. The van der Waals surface area contributed by atoms with Crippen LogP contribution in [0.4, 0.5) is 17.3 Å². The van der Waals surface area contributed by atoms with E-state index in [9.17, 15) is 0 Å². The topological polar surface area (TPSA) is 86.1 Å². The molecule has 3 aromatic rings. The fourth-order valence-electron chi connectivity index (χ4n) is 3.55. The Morgan fingerprint density at radius 2 is 1.88 bits per heavy atom. The number of hydrogen-bond donors (Lipinski definition) is 2. The van der Waals surface area contributed by atoms with Crippen LogP contribution >= 0.6 is 0 Å².